The molecule has 0 saturated carbocycles. The molecule has 0 unspecified atom stereocenters. The first-order valence-electron chi connectivity index (χ1n) is 9.31. The van der Waals surface area contributed by atoms with Gasteiger partial charge in [0, 0.05) is 37.3 Å². The van der Waals surface area contributed by atoms with Crippen molar-refractivity contribution < 1.29 is 4.79 Å². The number of fused-ring (bicyclic) bond motifs is 1. The van der Waals surface area contributed by atoms with Crippen LogP contribution in [0, 0.1) is 0 Å². The number of hydrogen-bond donors (Lipinski definition) is 1. The number of piperidine rings is 1. The summed E-state index contributed by atoms with van der Waals surface area (Å²) in [5.74, 6) is 0.180. The molecule has 4 rings (SSSR count). The molecule has 1 heterocycles. The van der Waals surface area contributed by atoms with Gasteiger partial charge in [-0.3, -0.25) is 4.79 Å². The summed E-state index contributed by atoms with van der Waals surface area (Å²) in [6.07, 6.45) is 1.98. The molecule has 26 heavy (non-hydrogen) atoms. The summed E-state index contributed by atoms with van der Waals surface area (Å²) < 4.78 is 0. The largest absolute Gasteiger partial charge is 0.382 e. The van der Waals surface area contributed by atoms with Gasteiger partial charge in [-0.05, 0) is 35.2 Å². The zero-order valence-electron chi connectivity index (χ0n) is 15.1. The van der Waals surface area contributed by atoms with Crippen LogP contribution in [0.5, 0.6) is 0 Å². The second-order valence-corrected chi connectivity index (χ2v) is 7.00. The number of rotatable bonds is 3. The Labute approximate surface area is 154 Å². The van der Waals surface area contributed by atoms with Crippen molar-refractivity contribution in [3.63, 3.8) is 0 Å². The number of anilines is 1. The summed E-state index contributed by atoms with van der Waals surface area (Å²) in [7, 11) is 0. The van der Waals surface area contributed by atoms with E-state index in [1.165, 1.54) is 27.6 Å². The SMILES string of the molecule is CC(=O)N1CCC(Nc2ccccc2-c2cccc3ccccc23)CC1. The monoisotopic (exact) mass is 344 g/mol. The Balaban J connectivity index is 1.63. The summed E-state index contributed by atoms with van der Waals surface area (Å²) in [5.41, 5.74) is 3.66. The molecule has 3 aromatic rings. The summed E-state index contributed by atoms with van der Waals surface area (Å²) in [6, 6.07) is 23.9. The number of amides is 1. The van der Waals surface area contributed by atoms with Gasteiger partial charge in [0.05, 0.1) is 0 Å². The molecule has 3 heteroatoms. The lowest BCUT2D eigenvalue weighted by Crippen LogP contribution is -2.41. The van der Waals surface area contributed by atoms with E-state index < -0.39 is 0 Å². The Morgan fingerprint density at radius 1 is 0.885 bits per heavy atom. The molecule has 0 spiro atoms. The normalized spacial score (nSPS) is 15.2. The van der Waals surface area contributed by atoms with Gasteiger partial charge in [0.25, 0.3) is 0 Å². The number of likely N-dealkylation sites (tertiary alicyclic amines) is 1. The molecule has 3 nitrogen and oxygen atoms in total. The van der Waals surface area contributed by atoms with Crippen LogP contribution in [0.3, 0.4) is 0 Å². The molecule has 1 aliphatic heterocycles. The van der Waals surface area contributed by atoms with Gasteiger partial charge in [-0.15, -0.1) is 0 Å². The van der Waals surface area contributed by atoms with Crippen molar-refractivity contribution >= 4 is 22.4 Å². The van der Waals surface area contributed by atoms with Gasteiger partial charge in [-0.2, -0.15) is 0 Å². The Morgan fingerprint density at radius 2 is 1.54 bits per heavy atom. The van der Waals surface area contributed by atoms with E-state index in [0.717, 1.165) is 25.9 Å². The number of para-hydroxylation sites is 1. The second-order valence-electron chi connectivity index (χ2n) is 7.00. The Hall–Kier alpha value is -2.81. The predicted molar refractivity (Wildman–Crippen MR) is 108 cm³/mol. The molecule has 0 aromatic heterocycles. The molecule has 1 aliphatic rings. The highest BCUT2D eigenvalue weighted by atomic mass is 16.2. The zero-order valence-corrected chi connectivity index (χ0v) is 15.1. The van der Waals surface area contributed by atoms with Crippen molar-refractivity contribution in [3.8, 4) is 11.1 Å². The topological polar surface area (TPSA) is 32.3 Å². The lowest BCUT2D eigenvalue weighted by Gasteiger charge is -2.32. The standard InChI is InChI=1S/C23H24N2O/c1-17(26)25-15-13-19(14-16-25)24-23-12-5-4-10-22(23)21-11-6-8-18-7-2-3-9-20(18)21/h2-12,19,24H,13-16H2,1H3. The smallest absolute Gasteiger partial charge is 0.219 e. The molecule has 3 aromatic carbocycles. The lowest BCUT2D eigenvalue weighted by atomic mass is 9.96. The van der Waals surface area contributed by atoms with E-state index in [1.54, 1.807) is 6.92 Å². The molecule has 1 amide bonds. The summed E-state index contributed by atoms with van der Waals surface area (Å²) in [6.45, 7) is 3.33. The minimum atomic E-state index is 0.180. The average Bonchev–Trinajstić information content (AvgIpc) is 2.68. The van der Waals surface area contributed by atoms with E-state index in [1.807, 2.05) is 4.90 Å². The molecule has 1 fully saturated rings. The number of nitrogens with one attached hydrogen (secondary N) is 1. The van der Waals surface area contributed by atoms with Gasteiger partial charge in [0.1, 0.15) is 0 Å². The van der Waals surface area contributed by atoms with E-state index in [4.69, 9.17) is 0 Å². The highest BCUT2D eigenvalue weighted by Gasteiger charge is 2.21. The lowest BCUT2D eigenvalue weighted by molar-refractivity contribution is -0.129. The highest BCUT2D eigenvalue weighted by Crippen LogP contribution is 2.34. The van der Waals surface area contributed by atoms with Crippen LogP contribution in [0.2, 0.25) is 0 Å². The average molecular weight is 344 g/mol. The van der Waals surface area contributed by atoms with Crippen LogP contribution >= 0.6 is 0 Å². The minimum Gasteiger partial charge on any atom is -0.382 e. The Kier molecular flexibility index (Phi) is 4.61. The van der Waals surface area contributed by atoms with Gasteiger partial charge in [0.15, 0.2) is 0 Å². The first kappa shape index (κ1) is 16.6. The fourth-order valence-electron chi connectivity index (χ4n) is 3.86. The molecule has 0 aliphatic carbocycles. The van der Waals surface area contributed by atoms with Gasteiger partial charge in [-0.1, -0.05) is 60.7 Å². The molecule has 1 saturated heterocycles. The van der Waals surface area contributed by atoms with Crippen LogP contribution in [0.4, 0.5) is 5.69 Å². The molecular formula is C23H24N2O. The highest BCUT2D eigenvalue weighted by molar-refractivity contribution is 5.99. The van der Waals surface area contributed by atoms with Crippen LogP contribution < -0.4 is 5.32 Å². The van der Waals surface area contributed by atoms with Crippen LogP contribution in [-0.4, -0.2) is 29.9 Å². The summed E-state index contributed by atoms with van der Waals surface area (Å²) >= 11 is 0. The van der Waals surface area contributed by atoms with Crippen molar-refractivity contribution in [2.45, 2.75) is 25.8 Å². The van der Waals surface area contributed by atoms with Crippen LogP contribution in [0.15, 0.2) is 66.7 Å². The zero-order chi connectivity index (χ0) is 17.9. The van der Waals surface area contributed by atoms with Crippen molar-refractivity contribution in [2.75, 3.05) is 18.4 Å². The maximum absolute atomic E-state index is 11.5. The van der Waals surface area contributed by atoms with Gasteiger partial charge in [0.2, 0.25) is 5.91 Å². The van der Waals surface area contributed by atoms with Crippen molar-refractivity contribution in [3.05, 3.63) is 66.7 Å². The third-order valence-corrected chi connectivity index (χ3v) is 5.31. The number of benzene rings is 3. The van der Waals surface area contributed by atoms with Crippen LogP contribution in [0.1, 0.15) is 19.8 Å². The quantitative estimate of drug-likeness (QED) is 0.731. The van der Waals surface area contributed by atoms with Crippen LogP contribution in [0.25, 0.3) is 21.9 Å². The number of hydrogen-bond acceptors (Lipinski definition) is 2. The molecule has 0 atom stereocenters. The number of carbonyl (C=O) groups is 1. The Morgan fingerprint density at radius 3 is 2.35 bits per heavy atom. The minimum absolute atomic E-state index is 0.180. The molecule has 132 valence electrons. The van der Waals surface area contributed by atoms with E-state index in [2.05, 4.69) is 72.0 Å². The fourth-order valence-corrected chi connectivity index (χ4v) is 3.86. The third kappa shape index (κ3) is 3.30. The maximum Gasteiger partial charge on any atom is 0.219 e. The number of carbonyl (C=O) groups excluding carboxylic acids is 1. The van der Waals surface area contributed by atoms with Gasteiger partial charge >= 0.3 is 0 Å². The first-order valence-corrected chi connectivity index (χ1v) is 9.31. The molecule has 0 radical (unpaired) electrons. The fraction of sp³-hybridized carbons (Fsp3) is 0.261. The third-order valence-electron chi connectivity index (χ3n) is 5.31. The molecular weight excluding hydrogens is 320 g/mol. The van der Waals surface area contributed by atoms with Crippen molar-refractivity contribution in [2.24, 2.45) is 0 Å². The van der Waals surface area contributed by atoms with Crippen LogP contribution in [-0.2, 0) is 4.79 Å². The second kappa shape index (κ2) is 7.20. The van der Waals surface area contributed by atoms with Crippen molar-refractivity contribution in [1.82, 2.24) is 4.90 Å². The summed E-state index contributed by atoms with van der Waals surface area (Å²) in [5, 5.41) is 6.27. The molecule has 1 N–H and O–H groups in total. The van der Waals surface area contributed by atoms with Gasteiger partial charge in [-0.25, -0.2) is 0 Å². The van der Waals surface area contributed by atoms with E-state index >= 15 is 0 Å². The maximum atomic E-state index is 11.5. The number of nitrogens with zero attached hydrogens (tertiary/aromatic N) is 1. The predicted octanol–water partition coefficient (Wildman–Crippen LogP) is 4.93. The summed E-state index contributed by atoms with van der Waals surface area (Å²) in [4.78, 5) is 13.5. The van der Waals surface area contributed by atoms with E-state index in [-0.39, 0.29) is 5.91 Å². The Bertz CT molecular complexity index is 921. The van der Waals surface area contributed by atoms with Gasteiger partial charge < -0.3 is 10.2 Å². The van der Waals surface area contributed by atoms with E-state index in [9.17, 15) is 4.79 Å². The van der Waals surface area contributed by atoms with E-state index in [0.29, 0.717) is 6.04 Å². The van der Waals surface area contributed by atoms with Crippen molar-refractivity contribution in [1.29, 1.82) is 0 Å². The molecule has 0 bridgehead atoms. The first-order chi connectivity index (χ1) is 12.7.